The maximum absolute atomic E-state index is 12.5. The number of ether oxygens (including phenoxy) is 2. The van der Waals surface area contributed by atoms with Gasteiger partial charge in [0.05, 0.1) is 23.7 Å². The molecule has 4 rings (SSSR count). The first kappa shape index (κ1) is 38.5. The zero-order valence-electron chi connectivity index (χ0n) is 28.6. The first-order chi connectivity index (χ1) is 22.9. The number of benzene rings is 3. The third-order valence-electron chi connectivity index (χ3n) is 6.44. The van der Waals surface area contributed by atoms with Crippen molar-refractivity contribution in [3.8, 4) is 17.2 Å². The van der Waals surface area contributed by atoms with Gasteiger partial charge in [-0.25, -0.2) is 0 Å². The van der Waals surface area contributed by atoms with Crippen LogP contribution < -0.4 is 34.5 Å². The summed E-state index contributed by atoms with van der Waals surface area (Å²) in [5.41, 5.74) is 2.90. The molecule has 11 nitrogen and oxygen atoms in total. The number of carbonyl (C=O) groups is 2. The molecule has 0 bridgehead atoms. The smallest absolute Gasteiger partial charge is 0.213 e. The van der Waals surface area contributed by atoms with Crippen LogP contribution in [-0.2, 0) is 4.79 Å². The van der Waals surface area contributed by atoms with Gasteiger partial charge in [0.2, 0.25) is 11.5 Å². The third-order valence-corrected chi connectivity index (χ3v) is 8.73. The van der Waals surface area contributed by atoms with Crippen LogP contribution in [0.2, 0.25) is 0 Å². The van der Waals surface area contributed by atoms with Crippen LogP contribution in [0.4, 0.5) is 22.2 Å². The standard InChI is InChI=1S/C29H35N3O4S.C5H10N4S2/c1-7-14-35-22-11-9-12-23(16-22)36-28-18-26(31(4)5)27(32(6)19-33)17-25(28)30-37-24-13-8-10-21(15-24)29(34)20(2)3;1-3(2)7-4-8-9-5(10-4)11-6/h8-13,15-20,30H,7,14H2,1-6H3;3H,6H2,1-2H3,(H,7,8). The lowest BCUT2D eigenvalue weighted by Gasteiger charge is -2.24. The summed E-state index contributed by atoms with van der Waals surface area (Å²) in [6, 6.07) is 19.2. The second kappa shape index (κ2) is 19.1. The van der Waals surface area contributed by atoms with Crippen molar-refractivity contribution in [3.63, 3.8) is 0 Å². The predicted octanol–water partition coefficient (Wildman–Crippen LogP) is 8.21. The Morgan fingerprint density at radius 2 is 1.73 bits per heavy atom. The van der Waals surface area contributed by atoms with E-state index < -0.39 is 0 Å². The number of hydrogen-bond acceptors (Lipinski definition) is 13. The minimum Gasteiger partial charge on any atom is -0.493 e. The van der Waals surface area contributed by atoms with Gasteiger partial charge in [0.15, 0.2) is 15.9 Å². The number of nitrogens with one attached hydrogen (secondary N) is 2. The highest BCUT2D eigenvalue weighted by molar-refractivity contribution is 8.00. The molecule has 3 aromatic carbocycles. The average molecular weight is 712 g/mol. The van der Waals surface area contributed by atoms with Gasteiger partial charge in [-0.3, -0.25) is 14.7 Å². The fraction of sp³-hybridized carbons (Fsp3) is 0.353. The number of amides is 1. The van der Waals surface area contributed by atoms with E-state index in [0.717, 1.165) is 56.3 Å². The van der Waals surface area contributed by atoms with E-state index in [9.17, 15) is 9.59 Å². The minimum absolute atomic E-state index is 0.0784. The van der Waals surface area contributed by atoms with Crippen LogP contribution in [0.15, 0.2) is 69.9 Å². The summed E-state index contributed by atoms with van der Waals surface area (Å²) in [5, 5.41) is 17.0. The molecule has 0 unspecified atom stereocenters. The number of nitrogens with zero attached hydrogens (tertiary/aromatic N) is 4. The van der Waals surface area contributed by atoms with Gasteiger partial charge in [0.25, 0.3) is 0 Å². The molecule has 258 valence electrons. The molecule has 0 saturated carbocycles. The van der Waals surface area contributed by atoms with Crippen molar-refractivity contribution in [1.82, 2.24) is 10.2 Å². The zero-order valence-corrected chi connectivity index (χ0v) is 31.1. The number of hydrogen-bond donors (Lipinski definition) is 3. The van der Waals surface area contributed by atoms with Crippen molar-refractivity contribution in [2.24, 2.45) is 11.1 Å². The van der Waals surface area contributed by atoms with Crippen LogP contribution in [0.5, 0.6) is 17.2 Å². The van der Waals surface area contributed by atoms with E-state index in [1.54, 1.807) is 7.05 Å². The Morgan fingerprint density at radius 1 is 1.00 bits per heavy atom. The first-order valence-electron chi connectivity index (χ1n) is 15.4. The molecule has 4 N–H and O–H groups in total. The molecule has 0 fully saturated rings. The summed E-state index contributed by atoms with van der Waals surface area (Å²) >= 11 is 3.96. The monoisotopic (exact) mass is 711 g/mol. The molecule has 4 aromatic rings. The van der Waals surface area contributed by atoms with Crippen molar-refractivity contribution in [2.45, 2.75) is 56.3 Å². The lowest BCUT2D eigenvalue weighted by Crippen LogP contribution is -2.19. The quantitative estimate of drug-likeness (QED) is 0.0587. The Morgan fingerprint density at radius 3 is 2.35 bits per heavy atom. The van der Waals surface area contributed by atoms with E-state index in [2.05, 4.69) is 41.0 Å². The Kier molecular flexibility index (Phi) is 15.3. The molecule has 48 heavy (non-hydrogen) atoms. The summed E-state index contributed by atoms with van der Waals surface area (Å²) in [5.74, 6) is 1.97. The van der Waals surface area contributed by atoms with E-state index in [-0.39, 0.29) is 11.7 Å². The number of Topliss-reactive ketones (excluding diaryl/α,β-unsaturated/α-hetero) is 1. The van der Waals surface area contributed by atoms with Crippen molar-refractivity contribution < 1.29 is 19.1 Å². The van der Waals surface area contributed by atoms with E-state index in [1.807, 2.05) is 93.5 Å². The van der Waals surface area contributed by atoms with E-state index >= 15 is 0 Å². The summed E-state index contributed by atoms with van der Waals surface area (Å²) in [7, 11) is 5.54. The van der Waals surface area contributed by atoms with Crippen LogP contribution in [-0.4, -0.2) is 56.2 Å². The molecule has 0 radical (unpaired) electrons. The Balaban J connectivity index is 0.000000480. The van der Waals surface area contributed by atoms with Crippen molar-refractivity contribution in [2.75, 3.05) is 47.6 Å². The summed E-state index contributed by atoms with van der Waals surface area (Å²) in [6.07, 6.45) is 1.69. The highest BCUT2D eigenvalue weighted by Gasteiger charge is 2.17. The highest BCUT2D eigenvalue weighted by Crippen LogP contribution is 2.42. The number of rotatable bonds is 16. The van der Waals surface area contributed by atoms with Crippen LogP contribution in [0.25, 0.3) is 0 Å². The SMILES string of the molecule is CC(C)Nc1nnc(SN)s1.CCCOc1cccc(Oc2cc(N(C)C)c(N(C)C=O)cc2NSc2cccc(C(=O)C(C)C)c2)c1. The Labute approximate surface area is 296 Å². The van der Waals surface area contributed by atoms with Crippen molar-refractivity contribution >= 4 is 69.6 Å². The van der Waals surface area contributed by atoms with Gasteiger partial charge in [-0.05, 0) is 74.5 Å². The molecule has 0 spiro atoms. The zero-order chi connectivity index (χ0) is 35.2. The normalized spacial score (nSPS) is 10.6. The Hall–Kier alpha value is -3.98. The fourth-order valence-electron chi connectivity index (χ4n) is 4.12. The van der Waals surface area contributed by atoms with Crippen LogP contribution in [0.1, 0.15) is 51.4 Å². The van der Waals surface area contributed by atoms with E-state index in [0.29, 0.717) is 35.4 Å². The molecule has 1 aromatic heterocycles. The second-order valence-electron chi connectivity index (χ2n) is 11.4. The van der Waals surface area contributed by atoms with Crippen LogP contribution in [0, 0.1) is 5.92 Å². The predicted molar refractivity (Wildman–Crippen MR) is 201 cm³/mol. The third kappa shape index (κ3) is 11.6. The number of aromatic nitrogens is 2. The molecular weight excluding hydrogens is 667 g/mol. The van der Waals surface area contributed by atoms with Gasteiger partial charge in [-0.2, -0.15) is 0 Å². The number of nitrogens with two attached hydrogens (primary N) is 1. The van der Waals surface area contributed by atoms with Gasteiger partial charge >= 0.3 is 0 Å². The molecule has 0 aliphatic carbocycles. The van der Waals surface area contributed by atoms with E-state index in [1.165, 1.54) is 28.2 Å². The first-order valence-corrected chi connectivity index (χ1v) is 17.9. The molecule has 0 saturated heterocycles. The van der Waals surface area contributed by atoms with Crippen molar-refractivity contribution in [1.29, 1.82) is 0 Å². The lowest BCUT2D eigenvalue weighted by atomic mass is 10.0. The van der Waals surface area contributed by atoms with Crippen LogP contribution in [0.3, 0.4) is 0 Å². The maximum Gasteiger partial charge on any atom is 0.213 e. The van der Waals surface area contributed by atoms with E-state index in [4.69, 9.17) is 14.6 Å². The van der Waals surface area contributed by atoms with Gasteiger partial charge in [0.1, 0.15) is 11.5 Å². The van der Waals surface area contributed by atoms with Gasteiger partial charge in [-0.15, -0.1) is 10.2 Å². The molecule has 0 aliphatic heterocycles. The molecule has 0 aliphatic rings. The maximum atomic E-state index is 12.5. The lowest BCUT2D eigenvalue weighted by molar-refractivity contribution is -0.107. The topological polar surface area (TPSA) is 135 Å². The van der Waals surface area contributed by atoms with Crippen LogP contribution >= 0.6 is 35.2 Å². The van der Waals surface area contributed by atoms with Gasteiger partial charge in [0, 0.05) is 55.7 Å². The van der Waals surface area contributed by atoms with Gasteiger partial charge in [-0.1, -0.05) is 50.3 Å². The summed E-state index contributed by atoms with van der Waals surface area (Å²) < 4.78 is 16.2. The minimum atomic E-state index is -0.0784. The number of ketones is 1. The average Bonchev–Trinajstić information content (AvgIpc) is 3.53. The fourth-order valence-corrected chi connectivity index (χ4v) is 5.98. The molecule has 14 heteroatoms. The largest absolute Gasteiger partial charge is 0.493 e. The molecule has 0 atom stereocenters. The molecule has 1 heterocycles. The Bertz CT molecular complexity index is 1630. The highest BCUT2D eigenvalue weighted by atomic mass is 32.2. The summed E-state index contributed by atoms with van der Waals surface area (Å²) in [6.45, 7) is 10.6. The van der Waals surface area contributed by atoms with Gasteiger partial charge < -0.3 is 29.3 Å². The number of anilines is 4. The molecule has 1 amide bonds. The summed E-state index contributed by atoms with van der Waals surface area (Å²) in [4.78, 5) is 28.4. The van der Waals surface area contributed by atoms with Crippen molar-refractivity contribution in [3.05, 3.63) is 66.2 Å². The molecular formula is C34H45N7O4S3. The number of carbonyl (C=O) groups excluding carboxylic acids is 2. The second-order valence-corrected chi connectivity index (χ2v) is 14.2.